The number of hydrogen-bond donors (Lipinski definition) is 1. The van der Waals surface area contributed by atoms with Crippen molar-refractivity contribution >= 4 is 39.6 Å². The van der Waals surface area contributed by atoms with Gasteiger partial charge in [0.05, 0.1) is 23.3 Å². The Balaban J connectivity index is 2.11. The van der Waals surface area contributed by atoms with Crippen LogP contribution in [0.25, 0.3) is 11.0 Å². The molecule has 1 aromatic carbocycles. The van der Waals surface area contributed by atoms with Gasteiger partial charge in [0, 0.05) is 16.8 Å². The second kappa shape index (κ2) is 4.27. The second-order valence-electron chi connectivity index (χ2n) is 4.14. The van der Waals surface area contributed by atoms with E-state index in [0.717, 1.165) is 20.3 Å². The number of hydrogen-bond acceptors (Lipinski definition) is 3. The third-order valence-corrected chi connectivity index (χ3v) is 3.65. The largest absolute Gasteiger partial charge is 0.369 e. The minimum atomic E-state index is 0.535. The molecular formula is C12H12IN5. The van der Waals surface area contributed by atoms with Crippen LogP contribution in [-0.2, 0) is 13.6 Å². The first-order chi connectivity index (χ1) is 8.65. The van der Waals surface area contributed by atoms with E-state index < -0.39 is 0 Å². The van der Waals surface area contributed by atoms with Crippen LogP contribution in [0, 0.1) is 3.57 Å². The smallest absolute Gasteiger partial charge is 0.201 e. The highest BCUT2D eigenvalue weighted by molar-refractivity contribution is 14.1. The number of fused-ring (bicyclic) bond motifs is 1. The molecule has 2 heterocycles. The Labute approximate surface area is 118 Å². The van der Waals surface area contributed by atoms with E-state index in [1.165, 1.54) is 0 Å². The molecule has 0 saturated carbocycles. The number of anilines is 1. The van der Waals surface area contributed by atoms with Gasteiger partial charge in [0.2, 0.25) is 5.95 Å². The van der Waals surface area contributed by atoms with Gasteiger partial charge in [-0.2, -0.15) is 5.10 Å². The van der Waals surface area contributed by atoms with Crippen LogP contribution in [0.5, 0.6) is 0 Å². The number of rotatable bonds is 2. The number of imidazole rings is 1. The van der Waals surface area contributed by atoms with Crippen molar-refractivity contribution in [2.45, 2.75) is 6.54 Å². The summed E-state index contributed by atoms with van der Waals surface area (Å²) >= 11 is 2.27. The number of nitrogen functional groups attached to an aromatic ring is 1. The molecule has 0 bridgehead atoms. The Morgan fingerprint density at radius 3 is 2.89 bits per heavy atom. The predicted octanol–water partition coefficient (Wildman–Crippen LogP) is 2.00. The third-order valence-electron chi connectivity index (χ3n) is 2.98. The summed E-state index contributed by atoms with van der Waals surface area (Å²) in [5.74, 6) is 0.535. The molecule has 0 aliphatic carbocycles. The normalized spacial score (nSPS) is 11.2. The van der Waals surface area contributed by atoms with Crippen LogP contribution < -0.4 is 5.73 Å². The molecule has 0 atom stereocenters. The van der Waals surface area contributed by atoms with Crippen LogP contribution in [0.4, 0.5) is 5.95 Å². The Kier molecular flexibility index (Phi) is 2.73. The van der Waals surface area contributed by atoms with Crippen LogP contribution in [-0.4, -0.2) is 19.3 Å². The van der Waals surface area contributed by atoms with Gasteiger partial charge in [-0.15, -0.1) is 0 Å². The summed E-state index contributed by atoms with van der Waals surface area (Å²) in [6.45, 7) is 0.680. The van der Waals surface area contributed by atoms with Crippen LogP contribution >= 0.6 is 22.6 Å². The van der Waals surface area contributed by atoms with E-state index in [2.05, 4.69) is 44.8 Å². The van der Waals surface area contributed by atoms with Gasteiger partial charge in [-0.25, -0.2) is 4.98 Å². The molecule has 2 N–H and O–H groups in total. The lowest BCUT2D eigenvalue weighted by molar-refractivity contribution is 0.678. The molecule has 0 spiro atoms. The zero-order chi connectivity index (χ0) is 12.7. The van der Waals surface area contributed by atoms with Gasteiger partial charge in [-0.3, -0.25) is 4.68 Å². The molecule has 0 aliphatic heterocycles. The maximum atomic E-state index is 5.99. The van der Waals surface area contributed by atoms with Crippen molar-refractivity contribution in [3.05, 3.63) is 39.7 Å². The molecule has 3 rings (SSSR count). The highest BCUT2D eigenvalue weighted by Crippen LogP contribution is 2.21. The summed E-state index contributed by atoms with van der Waals surface area (Å²) in [6.07, 6.45) is 1.79. The maximum absolute atomic E-state index is 5.99. The van der Waals surface area contributed by atoms with Crippen molar-refractivity contribution in [3.63, 3.8) is 0 Å². The number of aromatic nitrogens is 4. The van der Waals surface area contributed by atoms with E-state index in [9.17, 15) is 0 Å². The average Bonchev–Trinajstić information content (AvgIpc) is 2.85. The lowest BCUT2D eigenvalue weighted by Crippen LogP contribution is -2.08. The molecule has 5 nitrogen and oxygen atoms in total. The molecule has 18 heavy (non-hydrogen) atoms. The van der Waals surface area contributed by atoms with Crippen molar-refractivity contribution in [3.8, 4) is 0 Å². The van der Waals surface area contributed by atoms with Crippen molar-refractivity contribution in [2.24, 2.45) is 7.05 Å². The summed E-state index contributed by atoms with van der Waals surface area (Å²) in [5, 5.41) is 4.16. The number of halogens is 1. The number of nitrogens with zero attached hydrogens (tertiary/aromatic N) is 4. The van der Waals surface area contributed by atoms with Gasteiger partial charge in [0.25, 0.3) is 0 Å². The minimum absolute atomic E-state index is 0.535. The lowest BCUT2D eigenvalue weighted by atomic mass is 10.3. The zero-order valence-corrected chi connectivity index (χ0v) is 12.0. The molecule has 0 saturated heterocycles. The van der Waals surface area contributed by atoms with E-state index in [0.29, 0.717) is 12.5 Å². The first-order valence-electron chi connectivity index (χ1n) is 5.53. The SMILES string of the molecule is Cn1nccc1Cn1c(N)nc2cc(I)ccc21. The summed E-state index contributed by atoms with van der Waals surface area (Å²) in [7, 11) is 1.92. The Morgan fingerprint density at radius 1 is 1.33 bits per heavy atom. The fourth-order valence-electron chi connectivity index (χ4n) is 2.01. The zero-order valence-electron chi connectivity index (χ0n) is 9.84. The van der Waals surface area contributed by atoms with Crippen molar-refractivity contribution in [1.29, 1.82) is 0 Å². The maximum Gasteiger partial charge on any atom is 0.201 e. The highest BCUT2D eigenvalue weighted by atomic mass is 127. The van der Waals surface area contributed by atoms with E-state index in [4.69, 9.17) is 5.73 Å². The molecule has 0 radical (unpaired) electrons. The molecule has 0 aliphatic rings. The first kappa shape index (κ1) is 11.5. The van der Waals surface area contributed by atoms with Crippen LogP contribution in [0.2, 0.25) is 0 Å². The lowest BCUT2D eigenvalue weighted by Gasteiger charge is -2.06. The standard InChI is InChI=1S/C12H12IN5/c1-17-9(4-5-15-17)7-18-11-3-2-8(13)6-10(11)16-12(18)14/h2-6H,7H2,1H3,(H2,14,16). The van der Waals surface area contributed by atoms with Crippen molar-refractivity contribution < 1.29 is 0 Å². The van der Waals surface area contributed by atoms with Crippen LogP contribution in [0.1, 0.15) is 5.69 Å². The highest BCUT2D eigenvalue weighted by Gasteiger charge is 2.10. The monoisotopic (exact) mass is 353 g/mol. The first-order valence-corrected chi connectivity index (χ1v) is 6.61. The van der Waals surface area contributed by atoms with E-state index >= 15 is 0 Å². The van der Waals surface area contributed by atoms with E-state index in [-0.39, 0.29) is 0 Å². The van der Waals surface area contributed by atoms with Gasteiger partial charge in [0.15, 0.2) is 0 Å². The van der Waals surface area contributed by atoms with Crippen LogP contribution in [0.3, 0.4) is 0 Å². The minimum Gasteiger partial charge on any atom is -0.369 e. The van der Waals surface area contributed by atoms with Gasteiger partial charge in [-0.05, 0) is 46.9 Å². The predicted molar refractivity (Wildman–Crippen MR) is 79.2 cm³/mol. The second-order valence-corrected chi connectivity index (χ2v) is 5.38. The summed E-state index contributed by atoms with van der Waals surface area (Å²) in [6, 6.07) is 8.13. The number of aryl methyl sites for hydroxylation is 1. The third kappa shape index (κ3) is 1.86. The van der Waals surface area contributed by atoms with Gasteiger partial charge in [-0.1, -0.05) is 0 Å². The molecule has 2 aromatic heterocycles. The molecular weight excluding hydrogens is 341 g/mol. The van der Waals surface area contributed by atoms with Gasteiger partial charge in [0.1, 0.15) is 0 Å². The molecule has 92 valence electrons. The molecule has 3 aromatic rings. The Bertz CT molecular complexity index is 712. The fraction of sp³-hybridized carbons (Fsp3) is 0.167. The molecule has 0 amide bonds. The quantitative estimate of drug-likeness (QED) is 0.717. The fourth-order valence-corrected chi connectivity index (χ4v) is 2.48. The van der Waals surface area contributed by atoms with Crippen molar-refractivity contribution in [2.75, 3.05) is 5.73 Å². The average molecular weight is 353 g/mol. The number of nitrogens with two attached hydrogens (primary N) is 1. The molecule has 0 fully saturated rings. The topological polar surface area (TPSA) is 61.7 Å². The summed E-state index contributed by atoms with van der Waals surface area (Å²) in [4.78, 5) is 4.39. The molecule has 6 heteroatoms. The van der Waals surface area contributed by atoms with Gasteiger partial charge < -0.3 is 10.3 Å². The summed E-state index contributed by atoms with van der Waals surface area (Å²) in [5.41, 5.74) is 9.07. The Morgan fingerprint density at radius 2 is 2.17 bits per heavy atom. The number of benzene rings is 1. The molecule has 0 unspecified atom stereocenters. The van der Waals surface area contributed by atoms with Crippen LogP contribution in [0.15, 0.2) is 30.5 Å². The van der Waals surface area contributed by atoms with Crippen molar-refractivity contribution in [1.82, 2.24) is 19.3 Å². The van der Waals surface area contributed by atoms with E-state index in [1.54, 1.807) is 6.20 Å². The summed E-state index contributed by atoms with van der Waals surface area (Å²) < 4.78 is 5.01. The van der Waals surface area contributed by atoms with E-state index in [1.807, 2.05) is 28.4 Å². The Hall–Kier alpha value is -1.57. The van der Waals surface area contributed by atoms with Gasteiger partial charge >= 0.3 is 0 Å².